The van der Waals surface area contributed by atoms with Crippen LogP contribution in [0.25, 0.3) is 33.4 Å². The highest BCUT2D eigenvalue weighted by molar-refractivity contribution is 7.99. The lowest BCUT2D eigenvalue weighted by Gasteiger charge is -2.12. The van der Waals surface area contributed by atoms with Gasteiger partial charge >= 0.3 is 0 Å². The van der Waals surface area contributed by atoms with Gasteiger partial charge in [0.05, 0.1) is 11.8 Å². The average molecular weight is 521 g/mol. The Morgan fingerprint density at radius 1 is 1.22 bits per heavy atom. The number of imidazole rings is 1. The first-order valence-electron chi connectivity index (χ1n) is 11.4. The highest BCUT2D eigenvalue weighted by atomic mass is 32.2. The molecule has 5 N–H and O–H groups in total. The molecule has 0 unspecified atom stereocenters. The summed E-state index contributed by atoms with van der Waals surface area (Å²) in [4.78, 5) is 37.5. The van der Waals surface area contributed by atoms with Gasteiger partial charge in [-0.2, -0.15) is 0 Å². The van der Waals surface area contributed by atoms with Crippen LogP contribution < -0.4 is 16.5 Å². The number of nitrogens with one attached hydrogen (secondary N) is 2. The third-order valence-corrected chi connectivity index (χ3v) is 6.86. The number of carbonyl (C=O) groups excluding carboxylic acids is 2. The second kappa shape index (κ2) is 10.4. The third kappa shape index (κ3) is 4.91. The van der Waals surface area contributed by atoms with E-state index in [2.05, 4.69) is 15.3 Å². The molecule has 0 bridgehead atoms. The maximum Gasteiger partial charge on any atom is 0.244 e. The van der Waals surface area contributed by atoms with Crippen LogP contribution in [0.15, 0.2) is 63.6 Å². The van der Waals surface area contributed by atoms with Gasteiger partial charge < -0.3 is 20.0 Å². The van der Waals surface area contributed by atoms with Gasteiger partial charge in [0, 0.05) is 55.0 Å². The Hall–Kier alpha value is -4.20. The van der Waals surface area contributed by atoms with Gasteiger partial charge in [-0.25, -0.2) is 20.4 Å². The van der Waals surface area contributed by atoms with Gasteiger partial charge in [0.1, 0.15) is 12.1 Å². The first-order valence-corrected chi connectivity index (χ1v) is 12.3. The van der Waals surface area contributed by atoms with Crippen molar-refractivity contribution in [2.45, 2.75) is 29.9 Å². The molecule has 1 aromatic carbocycles. The summed E-state index contributed by atoms with van der Waals surface area (Å²) in [5, 5.41) is 13.4. The molecule has 1 amide bonds. The Bertz CT molecular complexity index is 1590. The number of carbonyl (C=O) groups is 2. The lowest BCUT2D eigenvalue weighted by atomic mass is 10.1. The summed E-state index contributed by atoms with van der Waals surface area (Å²) in [7, 11) is 0. The van der Waals surface area contributed by atoms with Gasteiger partial charge in [-0.15, -0.1) is 0 Å². The summed E-state index contributed by atoms with van der Waals surface area (Å²) in [6.07, 6.45) is 4.90. The quantitative estimate of drug-likeness (QED) is 0.129. The van der Waals surface area contributed by atoms with Crippen LogP contribution in [-0.4, -0.2) is 54.2 Å². The molecular formula is C24H24N8O4S. The third-order valence-electron chi connectivity index (χ3n) is 5.81. The Labute approximate surface area is 214 Å². The van der Waals surface area contributed by atoms with Crippen molar-refractivity contribution in [3.8, 4) is 11.3 Å². The molecule has 0 aliphatic rings. The van der Waals surface area contributed by atoms with Crippen LogP contribution in [0.3, 0.4) is 0 Å². The van der Waals surface area contributed by atoms with Crippen molar-refractivity contribution in [3.63, 3.8) is 0 Å². The second-order valence-corrected chi connectivity index (χ2v) is 9.21. The lowest BCUT2D eigenvalue weighted by molar-refractivity contribution is -0.129. The number of aromatic nitrogens is 5. The molecule has 5 rings (SSSR count). The van der Waals surface area contributed by atoms with Crippen LogP contribution in [-0.2, 0) is 11.3 Å². The zero-order chi connectivity index (χ0) is 25.9. The monoisotopic (exact) mass is 520 g/mol. The van der Waals surface area contributed by atoms with Crippen molar-refractivity contribution in [2.75, 3.05) is 18.8 Å². The van der Waals surface area contributed by atoms with E-state index in [9.17, 15) is 9.59 Å². The van der Waals surface area contributed by atoms with E-state index >= 15 is 0 Å². The van der Waals surface area contributed by atoms with Crippen molar-refractivity contribution in [2.24, 2.45) is 0 Å². The smallest absolute Gasteiger partial charge is 0.244 e. The summed E-state index contributed by atoms with van der Waals surface area (Å²) in [6, 6.07) is 9.54. The Kier molecular flexibility index (Phi) is 6.90. The van der Waals surface area contributed by atoms with Crippen molar-refractivity contribution < 1.29 is 19.2 Å². The molecule has 5 aromatic rings. The number of hydrogen-bond donors (Lipinski definition) is 4. The van der Waals surface area contributed by atoms with Crippen LogP contribution in [0.5, 0.6) is 0 Å². The molecule has 4 heterocycles. The van der Waals surface area contributed by atoms with Crippen LogP contribution in [0, 0.1) is 0 Å². The summed E-state index contributed by atoms with van der Waals surface area (Å²) in [5.41, 5.74) is 10.4. The fourth-order valence-electron chi connectivity index (χ4n) is 4.03. The van der Waals surface area contributed by atoms with Gasteiger partial charge in [-0.3, -0.25) is 19.4 Å². The van der Waals surface area contributed by atoms with Crippen molar-refractivity contribution in [3.05, 3.63) is 49.1 Å². The number of nitrogen functional groups attached to an aromatic ring is 1. The number of fused-ring (bicyclic) bond motifs is 2. The zero-order valence-corrected chi connectivity index (χ0v) is 20.7. The second-order valence-electron chi connectivity index (χ2n) is 8.20. The number of amides is 1. The maximum atomic E-state index is 12.2. The molecule has 190 valence electrons. The van der Waals surface area contributed by atoms with E-state index in [1.807, 2.05) is 34.9 Å². The van der Waals surface area contributed by atoms with Crippen LogP contribution in [0.4, 0.5) is 5.82 Å². The largest absolute Gasteiger partial charge is 0.464 e. The number of nitrogens with zero attached hydrogens (tertiary/aromatic N) is 5. The van der Waals surface area contributed by atoms with Gasteiger partial charge in [0.2, 0.25) is 11.8 Å². The van der Waals surface area contributed by atoms with Crippen LogP contribution in [0.2, 0.25) is 0 Å². The number of rotatable bonds is 9. The summed E-state index contributed by atoms with van der Waals surface area (Å²) in [5.74, 6) is 0.401. The Morgan fingerprint density at radius 3 is 2.84 bits per heavy atom. The van der Waals surface area contributed by atoms with Crippen LogP contribution in [0.1, 0.15) is 18.1 Å². The van der Waals surface area contributed by atoms with E-state index in [1.165, 1.54) is 25.0 Å². The van der Waals surface area contributed by atoms with E-state index in [-0.39, 0.29) is 18.1 Å². The van der Waals surface area contributed by atoms with Gasteiger partial charge in [-0.1, -0.05) is 11.8 Å². The molecule has 0 aliphatic heterocycles. The number of furan rings is 1. The molecule has 0 atom stereocenters. The Morgan fingerprint density at radius 2 is 2.08 bits per heavy atom. The Balaban J connectivity index is 1.54. The van der Waals surface area contributed by atoms with Gasteiger partial charge in [-0.05, 0) is 30.3 Å². The molecule has 13 heteroatoms. The van der Waals surface area contributed by atoms with Crippen LogP contribution >= 0.6 is 11.8 Å². The number of anilines is 1. The van der Waals surface area contributed by atoms with Crippen molar-refractivity contribution >= 4 is 51.5 Å². The molecule has 0 radical (unpaired) electrons. The number of nitrogens with two attached hydrogens (primary N) is 1. The highest BCUT2D eigenvalue weighted by Gasteiger charge is 2.20. The average Bonchev–Trinajstić information content (AvgIpc) is 3.63. The molecule has 0 saturated heterocycles. The normalized spacial score (nSPS) is 11.4. The minimum atomic E-state index is -0.464. The topological polar surface area (TPSA) is 166 Å². The fourth-order valence-corrected chi connectivity index (χ4v) is 5.09. The first kappa shape index (κ1) is 24.5. The highest BCUT2D eigenvalue weighted by Crippen LogP contribution is 2.40. The summed E-state index contributed by atoms with van der Waals surface area (Å²) >= 11 is 1.40. The van der Waals surface area contributed by atoms with E-state index in [4.69, 9.17) is 20.3 Å². The van der Waals surface area contributed by atoms with E-state index in [0.717, 1.165) is 21.4 Å². The lowest BCUT2D eigenvalue weighted by Crippen LogP contribution is -2.27. The number of hydrogen-bond acceptors (Lipinski definition) is 10. The molecule has 37 heavy (non-hydrogen) atoms. The maximum absolute atomic E-state index is 12.2. The number of benzene rings is 1. The predicted molar refractivity (Wildman–Crippen MR) is 137 cm³/mol. The molecule has 12 nitrogen and oxygen atoms in total. The molecule has 0 saturated carbocycles. The van der Waals surface area contributed by atoms with E-state index < -0.39 is 5.91 Å². The SMILES string of the molecule is CC(=O)n1ccc2cc(-c3ccco3)c(Sc3nc4c(N)ncnc4n3CCNCCC(=O)NO)cc21. The summed E-state index contributed by atoms with van der Waals surface area (Å²) < 4.78 is 9.24. The molecule has 0 aliphatic carbocycles. The van der Waals surface area contributed by atoms with E-state index in [1.54, 1.807) is 22.5 Å². The zero-order valence-electron chi connectivity index (χ0n) is 19.8. The molecule has 0 spiro atoms. The minimum Gasteiger partial charge on any atom is -0.464 e. The van der Waals surface area contributed by atoms with Gasteiger partial charge in [0.25, 0.3) is 0 Å². The fraction of sp³-hybridized carbons (Fsp3) is 0.208. The van der Waals surface area contributed by atoms with Crippen molar-refractivity contribution in [1.29, 1.82) is 0 Å². The van der Waals surface area contributed by atoms with Crippen molar-refractivity contribution in [1.82, 2.24) is 34.9 Å². The first-order chi connectivity index (χ1) is 18.0. The number of hydroxylamine groups is 1. The predicted octanol–water partition coefficient (Wildman–Crippen LogP) is 2.92. The minimum absolute atomic E-state index is 0.0899. The molecular weight excluding hydrogens is 496 g/mol. The molecule has 4 aromatic heterocycles. The van der Waals surface area contributed by atoms with Gasteiger partial charge in [0.15, 0.2) is 22.1 Å². The summed E-state index contributed by atoms with van der Waals surface area (Å²) in [6.45, 7) is 2.90. The standard InChI is InChI=1S/C24H24N8O4S/c1-14(33)31-8-5-15-11-16(18-3-2-10-36-18)19(12-17(15)31)37-24-29-21-22(25)27-13-28-23(21)32(24)9-7-26-6-4-20(34)30-35/h2-3,5,8,10-13,26,35H,4,6-7,9H2,1H3,(H,30,34)(H2,25,27,28). The van der Waals surface area contributed by atoms with E-state index in [0.29, 0.717) is 41.7 Å². The molecule has 0 fully saturated rings.